The zero-order chi connectivity index (χ0) is 25.8. The molecule has 0 bridgehead atoms. The smallest absolute Gasteiger partial charge is 0.339 e. The number of likely N-dealkylation sites (tertiary alicyclic amines) is 1. The second-order valence-corrected chi connectivity index (χ2v) is 9.88. The maximum absolute atomic E-state index is 13.5. The molecule has 3 aromatic carbocycles. The summed E-state index contributed by atoms with van der Waals surface area (Å²) in [4.78, 5) is 14.7. The Kier molecular flexibility index (Phi) is 7.32. The van der Waals surface area contributed by atoms with Gasteiger partial charge in [-0.05, 0) is 54.3 Å². The predicted octanol–water partition coefficient (Wildman–Crippen LogP) is 6.41. The van der Waals surface area contributed by atoms with Crippen LogP contribution in [-0.4, -0.2) is 38.7 Å². The fourth-order valence-electron chi connectivity index (χ4n) is 4.41. The van der Waals surface area contributed by atoms with E-state index in [2.05, 4.69) is 10.2 Å². The molecule has 0 atom stereocenters. The summed E-state index contributed by atoms with van der Waals surface area (Å²) in [7, 11) is 0. The van der Waals surface area contributed by atoms with Gasteiger partial charge in [-0.3, -0.25) is 9.36 Å². The number of alkyl halides is 3. The van der Waals surface area contributed by atoms with Gasteiger partial charge in [0, 0.05) is 30.8 Å². The van der Waals surface area contributed by atoms with Gasteiger partial charge in [-0.1, -0.05) is 60.3 Å². The number of hydrogen-bond acceptors (Lipinski definition) is 4. The van der Waals surface area contributed by atoms with Gasteiger partial charge in [0.15, 0.2) is 5.16 Å². The van der Waals surface area contributed by atoms with Crippen molar-refractivity contribution in [3.05, 3.63) is 107 Å². The standard InChI is InChI=1S/C28H25F3N4OS/c29-28(30,31)23-12-7-13-24(18-23)35-25(17-20-8-2-1-3-9-20)32-33-27(35)37-19-21-10-6-11-22(16-21)26(36)34-14-4-5-15-34/h1-3,6-13,16,18H,4-5,14-15,17,19H2. The molecule has 1 aliphatic rings. The molecule has 1 aromatic heterocycles. The Balaban J connectivity index is 1.43. The lowest BCUT2D eigenvalue weighted by molar-refractivity contribution is -0.137. The molecule has 5 nitrogen and oxygen atoms in total. The fraction of sp³-hybridized carbons (Fsp3) is 0.250. The van der Waals surface area contributed by atoms with E-state index in [-0.39, 0.29) is 5.91 Å². The number of halogens is 3. The van der Waals surface area contributed by atoms with Gasteiger partial charge in [-0.25, -0.2) is 0 Å². The molecule has 9 heteroatoms. The largest absolute Gasteiger partial charge is 0.416 e. The molecular weight excluding hydrogens is 497 g/mol. The molecule has 0 radical (unpaired) electrons. The molecule has 0 N–H and O–H groups in total. The quantitative estimate of drug-likeness (QED) is 0.264. The van der Waals surface area contributed by atoms with E-state index >= 15 is 0 Å². The summed E-state index contributed by atoms with van der Waals surface area (Å²) in [5, 5.41) is 9.16. The number of thioether (sulfide) groups is 1. The Labute approximate surface area is 217 Å². The molecule has 1 amide bonds. The van der Waals surface area contributed by atoms with Crippen molar-refractivity contribution in [1.29, 1.82) is 0 Å². The van der Waals surface area contributed by atoms with Gasteiger partial charge in [0.1, 0.15) is 5.82 Å². The molecule has 0 aliphatic carbocycles. The summed E-state index contributed by atoms with van der Waals surface area (Å²) in [6, 6.07) is 22.3. The van der Waals surface area contributed by atoms with Crippen LogP contribution in [0.4, 0.5) is 13.2 Å². The predicted molar refractivity (Wildman–Crippen MR) is 137 cm³/mol. The summed E-state index contributed by atoms with van der Waals surface area (Å²) < 4.78 is 42.1. The minimum Gasteiger partial charge on any atom is -0.339 e. The molecule has 4 aromatic rings. The second-order valence-electron chi connectivity index (χ2n) is 8.93. The van der Waals surface area contributed by atoms with Crippen LogP contribution in [0.25, 0.3) is 5.69 Å². The molecule has 0 unspecified atom stereocenters. The first-order valence-electron chi connectivity index (χ1n) is 12.1. The Morgan fingerprint density at radius 3 is 2.35 bits per heavy atom. The molecule has 0 saturated carbocycles. The lowest BCUT2D eigenvalue weighted by atomic mass is 10.1. The average Bonchev–Trinajstić information content (AvgIpc) is 3.58. The van der Waals surface area contributed by atoms with Crippen LogP contribution in [0, 0.1) is 0 Å². The Morgan fingerprint density at radius 2 is 1.59 bits per heavy atom. The third kappa shape index (κ3) is 5.88. The van der Waals surface area contributed by atoms with Gasteiger partial charge in [-0.15, -0.1) is 10.2 Å². The molecule has 1 saturated heterocycles. The highest BCUT2D eigenvalue weighted by Gasteiger charge is 2.31. The van der Waals surface area contributed by atoms with Crippen molar-refractivity contribution in [2.45, 2.75) is 36.3 Å². The average molecular weight is 523 g/mol. The van der Waals surface area contributed by atoms with Crippen LogP contribution in [0.5, 0.6) is 0 Å². The highest BCUT2D eigenvalue weighted by Crippen LogP contribution is 2.32. The number of aromatic nitrogens is 3. The van der Waals surface area contributed by atoms with Crippen LogP contribution in [-0.2, 0) is 18.3 Å². The van der Waals surface area contributed by atoms with Gasteiger partial charge in [0.25, 0.3) is 5.91 Å². The van der Waals surface area contributed by atoms with Crippen LogP contribution in [0.2, 0.25) is 0 Å². The van der Waals surface area contributed by atoms with E-state index in [1.54, 1.807) is 10.6 Å². The lowest BCUT2D eigenvalue weighted by Crippen LogP contribution is -2.27. The Hall–Kier alpha value is -3.59. The molecule has 190 valence electrons. The molecule has 0 spiro atoms. The van der Waals surface area contributed by atoms with E-state index < -0.39 is 11.7 Å². The fourth-order valence-corrected chi connectivity index (χ4v) is 5.33. The van der Waals surface area contributed by atoms with E-state index in [0.717, 1.165) is 49.2 Å². The number of carbonyl (C=O) groups is 1. The molecule has 5 rings (SSSR count). The topological polar surface area (TPSA) is 51.0 Å². The van der Waals surface area contributed by atoms with Crippen molar-refractivity contribution in [2.75, 3.05) is 13.1 Å². The van der Waals surface area contributed by atoms with E-state index in [1.165, 1.54) is 17.8 Å². The monoisotopic (exact) mass is 522 g/mol. The number of benzene rings is 3. The molecule has 1 fully saturated rings. The Morgan fingerprint density at radius 1 is 0.865 bits per heavy atom. The SMILES string of the molecule is O=C(c1cccc(CSc2nnc(Cc3ccccc3)n2-c2cccc(C(F)(F)F)c2)c1)N1CCCC1. The van der Waals surface area contributed by atoms with Gasteiger partial charge in [0.2, 0.25) is 0 Å². The van der Waals surface area contributed by atoms with Crippen LogP contribution >= 0.6 is 11.8 Å². The molecule has 2 heterocycles. The molecule has 37 heavy (non-hydrogen) atoms. The normalized spacial score (nSPS) is 13.8. The van der Waals surface area contributed by atoms with Crippen molar-refractivity contribution in [3.8, 4) is 5.69 Å². The van der Waals surface area contributed by atoms with E-state index in [4.69, 9.17) is 0 Å². The van der Waals surface area contributed by atoms with Crippen LogP contribution < -0.4 is 0 Å². The highest BCUT2D eigenvalue weighted by atomic mass is 32.2. The number of rotatable bonds is 7. The number of amides is 1. The Bertz CT molecular complexity index is 1380. The summed E-state index contributed by atoms with van der Waals surface area (Å²) in [6.45, 7) is 1.56. The van der Waals surface area contributed by atoms with Crippen molar-refractivity contribution >= 4 is 17.7 Å². The summed E-state index contributed by atoms with van der Waals surface area (Å²) in [5.74, 6) is 1.07. The van der Waals surface area contributed by atoms with E-state index in [0.29, 0.717) is 34.4 Å². The number of nitrogens with zero attached hydrogens (tertiary/aromatic N) is 4. The highest BCUT2D eigenvalue weighted by molar-refractivity contribution is 7.98. The van der Waals surface area contributed by atoms with Crippen molar-refractivity contribution in [2.24, 2.45) is 0 Å². The van der Waals surface area contributed by atoms with E-state index in [9.17, 15) is 18.0 Å². The summed E-state index contributed by atoms with van der Waals surface area (Å²) >= 11 is 1.38. The first kappa shape index (κ1) is 25.1. The van der Waals surface area contributed by atoms with Gasteiger partial charge < -0.3 is 4.90 Å². The summed E-state index contributed by atoms with van der Waals surface area (Å²) in [6.07, 6.45) is -1.99. The number of carbonyl (C=O) groups excluding carboxylic acids is 1. The van der Waals surface area contributed by atoms with Crippen molar-refractivity contribution in [3.63, 3.8) is 0 Å². The zero-order valence-electron chi connectivity index (χ0n) is 20.0. The maximum atomic E-state index is 13.5. The third-order valence-electron chi connectivity index (χ3n) is 6.27. The van der Waals surface area contributed by atoms with Crippen LogP contribution in [0.1, 0.15) is 45.7 Å². The van der Waals surface area contributed by atoms with Gasteiger partial charge in [-0.2, -0.15) is 13.2 Å². The van der Waals surface area contributed by atoms with E-state index in [1.807, 2.05) is 59.5 Å². The first-order chi connectivity index (χ1) is 17.9. The molecule has 1 aliphatic heterocycles. The first-order valence-corrected chi connectivity index (χ1v) is 13.0. The van der Waals surface area contributed by atoms with Crippen LogP contribution in [0.3, 0.4) is 0 Å². The lowest BCUT2D eigenvalue weighted by Gasteiger charge is -2.16. The molecular formula is C28H25F3N4OS. The minimum absolute atomic E-state index is 0.0293. The van der Waals surface area contributed by atoms with Crippen LogP contribution in [0.15, 0.2) is 84.0 Å². The van der Waals surface area contributed by atoms with Gasteiger partial charge in [0.05, 0.1) is 11.3 Å². The zero-order valence-corrected chi connectivity index (χ0v) is 20.8. The minimum atomic E-state index is -4.46. The van der Waals surface area contributed by atoms with Crippen molar-refractivity contribution in [1.82, 2.24) is 19.7 Å². The summed E-state index contributed by atoms with van der Waals surface area (Å²) in [5.41, 5.74) is 2.18. The van der Waals surface area contributed by atoms with Gasteiger partial charge >= 0.3 is 6.18 Å². The second kappa shape index (κ2) is 10.8. The third-order valence-corrected chi connectivity index (χ3v) is 7.27. The van der Waals surface area contributed by atoms with Crippen molar-refractivity contribution < 1.29 is 18.0 Å². The maximum Gasteiger partial charge on any atom is 0.416 e. The number of hydrogen-bond donors (Lipinski definition) is 0.